The smallest absolute Gasteiger partial charge is 0.164 e. The van der Waals surface area contributed by atoms with Crippen LogP contribution in [0.1, 0.15) is 55.4 Å². The van der Waals surface area contributed by atoms with Crippen LogP contribution in [0.5, 0.6) is 0 Å². The van der Waals surface area contributed by atoms with Crippen molar-refractivity contribution in [3.63, 3.8) is 0 Å². The van der Waals surface area contributed by atoms with Crippen molar-refractivity contribution in [2.24, 2.45) is 0 Å². The van der Waals surface area contributed by atoms with Crippen molar-refractivity contribution >= 4 is 52.2 Å². The van der Waals surface area contributed by atoms with Gasteiger partial charge in [0.1, 0.15) is 24.4 Å². The molecule has 3 aromatic heterocycles. The minimum atomic E-state index is -1.79. The molecule has 4 atom stereocenters. The summed E-state index contributed by atoms with van der Waals surface area (Å²) in [5.74, 6) is -0.574. The number of rotatable bonds is 9. The summed E-state index contributed by atoms with van der Waals surface area (Å²) in [6.45, 7) is 1.21. The fourth-order valence-electron chi connectivity index (χ4n) is 4.35. The van der Waals surface area contributed by atoms with E-state index in [9.17, 15) is 20.1 Å². The second-order valence-electron chi connectivity index (χ2n) is 10.0. The molecule has 2 aliphatic rings. The van der Waals surface area contributed by atoms with Crippen LogP contribution in [0.3, 0.4) is 0 Å². The molecule has 7 N–H and O–H groups in total. The number of hydrogen-bond donors (Lipinski definition) is 7. The second-order valence-corrected chi connectivity index (χ2v) is 10.0. The Morgan fingerprint density at radius 2 is 1.12 bits per heavy atom. The summed E-state index contributed by atoms with van der Waals surface area (Å²) in [6, 6.07) is 16.4. The lowest BCUT2D eigenvalue weighted by Gasteiger charge is -2.24. The number of nitrogens with one attached hydrogen (secondary N) is 2. The zero-order chi connectivity index (χ0) is 29.4. The predicted octanol–water partition coefficient (Wildman–Crippen LogP) is 3.23. The summed E-state index contributed by atoms with van der Waals surface area (Å²) in [4.78, 5) is 27.4. The van der Waals surface area contributed by atoms with E-state index in [1.165, 1.54) is 0 Å². The fraction of sp³-hybridized carbons (Fsp3) is 0.323. The van der Waals surface area contributed by atoms with Crippen LogP contribution in [0.15, 0.2) is 48.5 Å². The number of carbonyl (C=O) groups is 1. The number of unbranched alkanes of at least 4 members (excludes halogenated alkanes) is 2. The lowest BCUT2D eigenvalue weighted by atomic mass is 9.97. The molecule has 3 aromatic rings. The summed E-state index contributed by atoms with van der Waals surface area (Å²) in [6.07, 6.45) is 3.75. The average molecular weight is 561 g/mol. The molecule has 4 unspecified atom stereocenters. The van der Waals surface area contributed by atoms with Crippen LogP contribution in [0.2, 0.25) is 0 Å². The Balaban J connectivity index is 0.000000204. The van der Waals surface area contributed by atoms with Crippen molar-refractivity contribution < 1.29 is 30.3 Å². The molecule has 2 aliphatic heterocycles. The SMILES string of the molecule is C1=Cc2cc3ccc(cc4nc(cc5ccc(cc1n2)[nH]5)C=C4)[nH]3.CCCCCC(=O)C(O)C(O)C(O)C(O)CO. The molecule has 0 amide bonds. The van der Waals surface area contributed by atoms with Gasteiger partial charge >= 0.3 is 0 Å². The van der Waals surface area contributed by atoms with E-state index in [-0.39, 0.29) is 6.42 Å². The second kappa shape index (κ2) is 14.1. The van der Waals surface area contributed by atoms with E-state index < -0.39 is 36.8 Å². The summed E-state index contributed by atoms with van der Waals surface area (Å²) < 4.78 is 0. The first kappa shape index (κ1) is 30.0. The van der Waals surface area contributed by atoms with Gasteiger partial charge in [0.05, 0.1) is 29.4 Å². The van der Waals surface area contributed by atoms with Crippen molar-refractivity contribution in [1.82, 2.24) is 19.9 Å². The van der Waals surface area contributed by atoms with Gasteiger partial charge in [0, 0.05) is 28.5 Å². The molecule has 0 spiro atoms. The van der Waals surface area contributed by atoms with Crippen molar-refractivity contribution in [3.8, 4) is 0 Å². The van der Waals surface area contributed by atoms with Crippen molar-refractivity contribution in [1.29, 1.82) is 0 Å². The first-order chi connectivity index (χ1) is 19.7. The molecule has 0 saturated heterocycles. The Morgan fingerprint density at radius 1 is 0.707 bits per heavy atom. The first-order valence-corrected chi connectivity index (χ1v) is 13.7. The largest absolute Gasteiger partial charge is 0.394 e. The third kappa shape index (κ3) is 8.29. The van der Waals surface area contributed by atoms with E-state index in [1.54, 1.807) is 0 Å². The molecule has 0 radical (unpaired) electrons. The van der Waals surface area contributed by atoms with Crippen LogP contribution in [-0.2, 0) is 4.79 Å². The average Bonchev–Trinajstić information content (AvgIpc) is 3.78. The summed E-state index contributed by atoms with van der Waals surface area (Å²) in [7, 11) is 0. The van der Waals surface area contributed by atoms with Crippen LogP contribution in [-0.4, -0.2) is 82.3 Å². The van der Waals surface area contributed by atoms with E-state index in [2.05, 4.69) is 44.2 Å². The zero-order valence-corrected chi connectivity index (χ0v) is 22.8. The number of Topliss-reactive ketones (excluding diaryl/α,β-unsaturated/α-hetero) is 1. The molecule has 0 aromatic carbocycles. The highest BCUT2D eigenvalue weighted by Crippen LogP contribution is 2.17. The maximum atomic E-state index is 11.4. The molecule has 216 valence electrons. The Hall–Kier alpha value is -3.93. The van der Waals surface area contributed by atoms with Crippen molar-refractivity contribution in [2.45, 2.75) is 57.0 Å². The molecule has 0 fully saturated rings. The Bertz CT molecular complexity index is 1380. The number of aromatic amines is 2. The monoisotopic (exact) mass is 560 g/mol. The van der Waals surface area contributed by atoms with E-state index in [0.29, 0.717) is 6.42 Å². The molecule has 5 heterocycles. The van der Waals surface area contributed by atoms with E-state index in [0.717, 1.165) is 57.7 Å². The van der Waals surface area contributed by atoms with Crippen molar-refractivity contribution in [2.75, 3.05) is 6.61 Å². The number of H-pyrrole nitrogens is 2. The standard InChI is InChI=1S/C20H14N4.C11H22O6/c1-2-14-10-16-5-6-18(23-16)12-20-8-7-19(24-20)11-17-4-3-15(22-17)9-13(1)21-14;1-2-3-4-5-7(13)9(15)11(17)10(16)8(14)6-12/h1-12,21,24H;8-12,14-17H,2-6H2,1H3. The highest BCUT2D eigenvalue weighted by molar-refractivity contribution is 5.83. The number of nitrogens with zero attached hydrogens (tertiary/aromatic N) is 2. The molecule has 41 heavy (non-hydrogen) atoms. The number of fused-ring (bicyclic) bond motifs is 8. The van der Waals surface area contributed by atoms with Gasteiger partial charge in [-0.2, -0.15) is 0 Å². The highest BCUT2D eigenvalue weighted by Gasteiger charge is 2.33. The van der Waals surface area contributed by atoms with Gasteiger partial charge in [-0.25, -0.2) is 9.97 Å². The summed E-state index contributed by atoms with van der Waals surface area (Å²) in [5.41, 5.74) is 7.86. The van der Waals surface area contributed by atoms with E-state index >= 15 is 0 Å². The van der Waals surface area contributed by atoms with Gasteiger partial charge in [-0.15, -0.1) is 0 Å². The Morgan fingerprint density at radius 3 is 1.49 bits per heavy atom. The van der Waals surface area contributed by atoms with Crippen LogP contribution < -0.4 is 0 Å². The van der Waals surface area contributed by atoms with Crippen LogP contribution in [0.25, 0.3) is 46.4 Å². The predicted molar refractivity (Wildman–Crippen MR) is 159 cm³/mol. The molecular formula is C31H36N4O6. The maximum absolute atomic E-state index is 11.4. The first-order valence-electron chi connectivity index (χ1n) is 13.7. The van der Waals surface area contributed by atoms with Gasteiger partial charge in [0.2, 0.25) is 0 Å². The topological polar surface area (TPSA) is 176 Å². The maximum Gasteiger partial charge on any atom is 0.164 e. The number of aromatic nitrogens is 4. The molecule has 10 heteroatoms. The number of hydrogen-bond acceptors (Lipinski definition) is 8. The Labute approximate surface area is 237 Å². The fourth-order valence-corrected chi connectivity index (χ4v) is 4.35. The van der Waals surface area contributed by atoms with Crippen LogP contribution >= 0.6 is 0 Å². The van der Waals surface area contributed by atoms with Gasteiger partial charge < -0.3 is 35.5 Å². The Kier molecular flexibility index (Phi) is 10.3. The number of aliphatic hydroxyl groups is 5. The van der Waals surface area contributed by atoms with Gasteiger partial charge in [-0.05, 0) is 79.3 Å². The van der Waals surface area contributed by atoms with Crippen molar-refractivity contribution in [3.05, 3.63) is 71.3 Å². The highest BCUT2D eigenvalue weighted by atomic mass is 16.4. The minimum absolute atomic E-state index is 0.119. The lowest BCUT2D eigenvalue weighted by molar-refractivity contribution is -0.147. The van der Waals surface area contributed by atoms with E-state index in [1.807, 2.05) is 55.5 Å². The third-order valence-electron chi connectivity index (χ3n) is 6.65. The number of ketones is 1. The molecule has 8 bridgehead atoms. The minimum Gasteiger partial charge on any atom is -0.394 e. The molecule has 5 rings (SSSR count). The number of carbonyl (C=O) groups excluding carboxylic acids is 1. The normalized spacial score (nSPS) is 15.1. The van der Waals surface area contributed by atoms with Crippen LogP contribution in [0.4, 0.5) is 0 Å². The lowest BCUT2D eigenvalue weighted by Crippen LogP contribution is -2.48. The van der Waals surface area contributed by atoms with E-state index in [4.69, 9.17) is 10.2 Å². The molecule has 0 saturated carbocycles. The van der Waals surface area contributed by atoms with Gasteiger partial charge in [-0.1, -0.05) is 19.8 Å². The van der Waals surface area contributed by atoms with Crippen LogP contribution in [0, 0.1) is 0 Å². The van der Waals surface area contributed by atoms with Gasteiger partial charge in [0.25, 0.3) is 0 Å². The third-order valence-corrected chi connectivity index (χ3v) is 6.65. The zero-order valence-electron chi connectivity index (χ0n) is 22.8. The molecule has 0 aliphatic carbocycles. The summed E-state index contributed by atoms with van der Waals surface area (Å²) in [5, 5.41) is 45.8. The summed E-state index contributed by atoms with van der Waals surface area (Å²) >= 11 is 0. The molecule has 10 nitrogen and oxygen atoms in total. The number of aliphatic hydroxyl groups excluding tert-OH is 5. The quantitative estimate of drug-likeness (QED) is 0.134. The molecular weight excluding hydrogens is 524 g/mol. The van der Waals surface area contributed by atoms with Gasteiger partial charge in [-0.3, -0.25) is 4.79 Å². The van der Waals surface area contributed by atoms with Gasteiger partial charge in [0.15, 0.2) is 5.78 Å².